The number of nitrogens with one attached hydrogen (secondary N) is 1. The highest BCUT2D eigenvalue weighted by Crippen LogP contribution is 2.33. The molecule has 1 N–H and O–H groups in total. The number of hydrogen-bond donors (Lipinski definition) is 1. The second-order valence-corrected chi connectivity index (χ2v) is 11.3. The average Bonchev–Trinajstić information content (AvgIpc) is 3.23. The Hall–Kier alpha value is -2.83. The lowest BCUT2D eigenvalue weighted by atomic mass is 9.91. The van der Waals surface area contributed by atoms with Crippen molar-refractivity contribution < 1.29 is 14.3 Å². The van der Waals surface area contributed by atoms with Gasteiger partial charge >= 0.3 is 0 Å². The van der Waals surface area contributed by atoms with Crippen molar-refractivity contribution in [1.82, 2.24) is 20.0 Å². The van der Waals surface area contributed by atoms with Crippen LogP contribution in [-0.4, -0.2) is 45.2 Å². The number of carbonyl (C=O) groups excluding carboxylic acids is 2. The van der Waals surface area contributed by atoms with Crippen molar-refractivity contribution in [3.05, 3.63) is 47.3 Å². The predicted octanol–water partition coefficient (Wildman–Crippen LogP) is 4.83. The minimum atomic E-state index is -1.07. The third-order valence-corrected chi connectivity index (χ3v) is 7.52. The van der Waals surface area contributed by atoms with E-state index in [2.05, 4.69) is 26.1 Å². The van der Waals surface area contributed by atoms with Gasteiger partial charge in [-0.05, 0) is 31.9 Å². The summed E-state index contributed by atoms with van der Waals surface area (Å²) < 4.78 is 7.30. The molecule has 2 aliphatic rings. The van der Waals surface area contributed by atoms with E-state index in [0.717, 1.165) is 36.9 Å². The fraction of sp³-hybridized carbons (Fsp3) is 0.607. The summed E-state index contributed by atoms with van der Waals surface area (Å²) in [6, 6.07) is 9.70. The van der Waals surface area contributed by atoms with E-state index in [1.54, 1.807) is 16.7 Å². The smallest absolute Gasteiger partial charge is 0.273 e. The molecule has 1 saturated carbocycles. The van der Waals surface area contributed by atoms with E-state index in [1.807, 2.05) is 37.3 Å². The Bertz CT molecular complexity index is 1060. The van der Waals surface area contributed by atoms with Crippen LogP contribution in [0.5, 0.6) is 5.75 Å². The first-order valence-corrected chi connectivity index (χ1v) is 13.0. The monoisotopic (exact) mass is 480 g/mol. The molecular formula is C28H40N4O3. The largest absolute Gasteiger partial charge is 0.496 e. The number of para-hydroxylation sites is 1. The highest BCUT2D eigenvalue weighted by molar-refractivity contribution is 5.99. The van der Waals surface area contributed by atoms with E-state index in [4.69, 9.17) is 9.84 Å². The minimum Gasteiger partial charge on any atom is -0.496 e. The Kier molecular flexibility index (Phi) is 7.25. The van der Waals surface area contributed by atoms with Crippen LogP contribution in [0.4, 0.5) is 0 Å². The fourth-order valence-electron chi connectivity index (χ4n) is 5.20. The van der Waals surface area contributed by atoms with Crippen LogP contribution in [0.3, 0.4) is 0 Å². The van der Waals surface area contributed by atoms with Crippen LogP contribution in [0, 0.1) is 0 Å². The quantitative estimate of drug-likeness (QED) is 0.665. The number of ether oxygens (including phenoxy) is 1. The Labute approximate surface area is 209 Å². The van der Waals surface area contributed by atoms with Crippen molar-refractivity contribution >= 4 is 11.8 Å². The number of methoxy groups -OCH3 is 1. The van der Waals surface area contributed by atoms with Gasteiger partial charge in [-0.2, -0.15) is 5.10 Å². The third-order valence-electron chi connectivity index (χ3n) is 7.52. The third kappa shape index (κ3) is 5.24. The Morgan fingerprint density at radius 3 is 2.46 bits per heavy atom. The van der Waals surface area contributed by atoms with Gasteiger partial charge in [0.25, 0.3) is 5.91 Å². The number of aromatic nitrogens is 2. The fourth-order valence-corrected chi connectivity index (χ4v) is 5.20. The molecule has 1 atom stereocenters. The van der Waals surface area contributed by atoms with Crippen LogP contribution in [-0.2, 0) is 23.3 Å². The Morgan fingerprint density at radius 1 is 1.14 bits per heavy atom. The van der Waals surface area contributed by atoms with Gasteiger partial charge in [0.2, 0.25) is 5.91 Å². The van der Waals surface area contributed by atoms with Gasteiger partial charge in [0.05, 0.1) is 25.9 Å². The molecule has 2 aromatic rings. The van der Waals surface area contributed by atoms with Gasteiger partial charge in [0, 0.05) is 17.0 Å². The SMILES string of the molecule is COc1ccccc1CN1C(=O)c2cc(C(C)(C)C)nn2CC1(C)C(=O)NC1CCCCCCC1. The molecule has 0 radical (unpaired) electrons. The number of hydrogen-bond acceptors (Lipinski definition) is 4. The van der Waals surface area contributed by atoms with Crippen LogP contribution >= 0.6 is 0 Å². The lowest BCUT2D eigenvalue weighted by Gasteiger charge is -2.44. The molecule has 4 rings (SSSR count). The van der Waals surface area contributed by atoms with Gasteiger partial charge in [0.15, 0.2) is 0 Å². The summed E-state index contributed by atoms with van der Waals surface area (Å²) in [6.45, 7) is 8.72. The first kappa shape index (κ1) is 25.3. The molecular weight excluding hydrogens is 440 g/mol. The lowest BCUT2D eigenvalue weighted by Crippen LogP contribution is -2.64. The van der Waals surface area contributed by atoms with E-state index in [0.29, 0.717) is 18.0 Å². The number of benzene rings is 1. The van der Waals surface area contributed by atoms with Gasteiger partial charge < -0.3 is 15.0 Å². The minimum absolute atomic E-state index is 0.107. The van der Waals surface area contributed by atoms with Gasteiger partial charge in [0.1, 0.15) is 17.0 Å². The molecule has 0 spiro atoms. The Morgan fingerprint density at radius 2 is 1.80 bits per heavy atom. The molecule has 35 heavy (non-hydrogen) atoms. The first-order valence-electron chi connectivity index (χ1n) is 13.0. The summed E-state index contributed by atoms with van der Waals surface area (Å²) in [6.07, 6.45) is 7.95. The van der Waals surface area contributed by atoms with Crippen molar-refractivity contribution in [1.29, 1.82) is 0 Å². The topological polar surface area (TPSA) is 76.5 Å². The van der Waals surface area contributed by atoms with E-state index < -0.39 is 5.54 Å². The number of carbonyl (C=O) groups is 2. The standard InChI is InChI=1S/C28H40N4O3/c1-27(2,3)24-17-22-25(33)31(18-20-13-11-12-16-23(20)35-5)28(4,19-32(22)30-24)26(34)29-21-14-9-7-6-8-10-15-21/h11-13,16-17,21H,6-10,14-15,18-19H2,1-5H3,(H,29,34). The summed E-state index contributed by atoms with van der Waals surface area (Å²) in [5.74, 6) is 0.419. The number of amides is 2. The van der Waals surface area contributed by atoms with Crippen LogP contribution in [0.1, 0.15) is 94.4 Å². The van der Waals surface area contributed by atoms with E-state index in [1.165, 1.54) is 19.3 Å². The number of nitrogens with zero attached hydrogens (tertiary/aromatic N) is 3. The second kappa shape index (κ2) is 10.0. The molecule has 1 aromatic carbocycles. The highest BCUT2D eigenvalue weighted by atomic mass is 16.5. The first-order chi connectivity index (χ1) is 16.6. The van der Waals surface area contributed by atoms with Crippen molar-refractivity contribution in [2.75, 3.05) is 7.11 Å². The molecule has 1 fully saturated rings. The van der Waals surface area contributed by atoms with Crippen LogP contribution in [0.2, 0.25) is 0 Å². The molecule has 7 heteroatoms. The van der Waals surface area contributed by atoms with Gasteiger partial charge in [-0.1, -0.05) is 71.1 Å². The molecule has 7 nitrogen and oxygen atoms in total. The number of rotatable bonds is 5. The molecule has 0 saturated heterocycles. The van der Waals surface area contributed by atoms with Crippen LogP contribution in [0.15, 0.2) is 30.3 Å². The zero-order chi connectivity index (χ0) is 25.2. The van der Waals surface area contributed by atoms with E-state index >= 15 is 0 Å². The van der Waals surface area contributed by atoms with Crippen LogP contribution in [0.25, 0.3) is 0 Å². The highest BCUT2D eigenvalue weighted by Gasteiger charge is 2.49. The molecule has 0 bridgehead atoms. The zero-order valence-corrected chi connectivity index (χ0v) is 21.9. The summed E-state index contributed by atoms with van der Waals surface area (Å²) in [4.78, 5) is 29.6. The zero-order valence-electron chi connectivity index (χ0n) is 21.9. The molecule has 1 aromatic heterocycles. The molecule has 2 heterocycles. The van der Waals surface area contributed by atoms with Gasteiger partial charge in [-0.25, -0.2) is 0 Å². The number of fused-ring (bicyclic) bond motifs is 1. The molecule has 1 unspecified atom stereocenters. The van der Waals surface area contributed by atoms with Crippen LogP contribution < -0.4 is 10.1 Å². The lowest BCUT2D eigenvalue weighted by molar-refractivity contribution is -0.134. The maximum Gasteiger partial charge on any atom is 0.273 e. The van der Waals surface area contributed by atoms with Crippen molar-refractivity contribution in [2.24, 2.45) is 0 Å². The summed E-state index contributed by atoms with van der Waals surface area (Å²) in [5, 5.41) is 8.09. The van der Waals surface area contributed by atoms with Crippen molar-refractivity contribution in [3.8, 4) is 5.75 Å². The van der Waals surface area contributed by atoms with E-state index in [9.17, 15) is 9.59 Å². The maximum absolute atomic E-state index is 13.9. The average molecular weight is 481 g/mol. The Balaban J connectivity index is 1.70. The van der Waals surface area contributed by atoms with Gasteiger partial charge in [-0.3, -0.25) is 14.3 Å². The second-order valence-electron chi connectivity index (χ2n) is 11.3. The normalized spacial score (nSPS) is 21.7. The predicted molar refractivity (Wildman–Crippen MR) is 136 cm³/mol. The van der Waals surface area contributed by atoms with E-state index in [-0.39, 0.29) is 29.8 Å². The van der Waals surface area contributed by atoms with Gasteiger partial charge in [-0.15, -0.1) is 0 Å². The molecule has 2 amide bonds. The molecule has 1 aliphatic carbocycles. The maximum atomic E-state index is 13.9. The van der Waals surface area contributed by atoms with Crippen molar-refractivity contribution in [2.45, 2.75) is 103 Å². The summed E-state index contributed by atoms with van der Waals surface area (Å²) >= 11 is 0. The molecule has 190 valence electrons. The van der Waals surface area contributed by atoms with Crippen molar-refractivity contribution in [3.63, 3.8) is 0 Å². The summed E-state index contributed by atoms with van der Waals surface area (Å²) in [5.41, 5.74) is 0.977. The summed E-state index contributed by atoms with van der Waals surface area (Å²) in [7, 11) is 1.63. The molecule has 1 aliphatic heterocycles.